The topological polar surface area (TPSA) is 67.2 Å². The lowest BCUT2D eigenvalue weighted by Gasteiger charge is -2.14. The van der Waals surface area contributed by atoms with Gasteiger partial charge >= 0.3 is 0 Å². The van der Waals surface area contributed by atoms with E-state index in [4.69, 9.17) is 4.42 Å². The second kappa shape index (κ2) is 7.77. The zero-order valence-electron chi connectivity index (χ0n) is 14.3. The summed E-state index contributed by atoms with van der Waals surface area (Å²) in [7, 11) is 0. The zero-order valence-corrected chi connectivity index (χ0v) is 14.3. The molecule has 0 saturated heterocycles. The van der Waals surface area contributed by atoms with Gasteiger partial charge in [0.2, 0.25) is 5.89 Å². The zero-order chi connectivity index (χ0) is 17.6. The monoisotopic (exact) mass is 335 g/mol. The molecule has 3 aromatic rings. The van der Waals surface area contributed by atoms with Gasteiger partial charge in [-0.3, -0.25) is 4.79 Å². The number of carbonyl (C=O) groups excluding carboxylic acids is 1. The first-order valence-corrected chi connectivity index (χ1v) is 8.23. The molecule has 2 aromatic carbocycles. The molecule has 0 spiro atoms. The summed E-state index contributed by atoms with van der Waals surface area (Å²) in [5.74, 6) is 1.35. The first kappa shape index (κ1) is 16.9. The molecule has 1 unspecified atom stereocenters. The molecule has 2 N–H and O–H groups in total. The number of benzene rings is 2. The van der Waals surface area contributed by atoms with E-state index < -0.39 is 0 Å². The van der Waals surface area contributed by atoms with Gasteiger partial charge in [-0.1, -0.05) is 30.3 Å². The average Bonchev–Trinajstić information content (AvgIpc) is 3.06. The Kier molecular flexibility index (Phi) is 5.26. The maximum atomic E-state index is 12.3. The standard InChI is InChI=1S/C20H21N3O2/c1-14-12-22-19(25-14)13-21-15(2)17-9-6-10-18(11-17)23-20(24)16-7-4-3-5-8-16/h3-12,15,21H,13H2,1-2H3,(H,23,24). The molecule has 5 nitrogen and oxygen atoms in total. The molecule has 0 aliphatic heterocycles. The highest BCUT2D eigenvalue weighted by Gasteiger charge is 2.10. The summed E-state index contributed by atoms with van der Waals surface area (Å²) in [6.07, 6.45) is 1.71. The smallest absolute Gasteiger partial charge is 0.255 e. The Morgan fingerprint density at radius 1 is 1.16 bits per heavy atom. The normalized spacial score (nSPS) is 11.9. The highest BCUT2D eigenvalue weighted by molar-refractivity contribution is 6.04. The van der Waals surface area contributed by atoms with Crippen molar-refractivity contribution in [3.05, 3.63) is 83.6 Å². The Hall–Kier alpha value is -2.92. The molecule has 25 heavy (non-hydrogen) atoms. The van der Waals surface area contributed by atoms with Crippen molar-refractivity contribution >= 4 is 11.6 Å². The Morgan fingerprint density at radius 2 is 1.96 bits per heavy atom. The minimum atomic E-state index is -0.117. The highest BCUT2D eigenvalue weighted by Crippen LogP contribution is 2.18. The molecule has 0 aliphatic carbocycles. The van der Waals surface area contributed by atoms with Crippen LogP contribution >= 0.6 is 0 Å². The van der Waals surface area contributed by atoms with E-state index in [1.165, 1.54) is 0 Å². The van der Waals surface area contributed by atoms with E-state index in [-0.39, 0.29) is 11.9 Å². The Balaban J connectivity index is 1.63. The van der Waals surface area contributed by atoms with E-state index in [0.29, 0.717) is 18.0 Å². The van der Waals surface area contributed by atoms with Crippen LogP contribution in [0.1, 0.15) is 40.5 Å². The summed E-state index contributed by atoms with van der Waals surface area (Å²) >= 11 is 0. The van der Waals surface area contributed by atoms with Crippen molar-refractivity contribution in [2.45, 2.75) is 26.4 Å². The van der Waals surface area contributed by atoms with Crippen LogP contribution in [0, 0.1) is 6.92 Å². The number of aryl methyl sites for hydroxylation is 1. The Morgan fingerprint density at radius 3 is 2.68 bits per heavy atom. The maximum absolute atomic E-state index is 12.3. The number of aromatic nitrogens is 1. The number of rotatable bonds is 6. The minimum absolute atomic E-state index is 0.0979. The molecule has 1 heterocycles. The first-order chi connectivity index (χ1) is 12.1. The number of amides is 1. The molecular formula is C20H21N3O2. The van der Waals surface area contributed by atoms with Gasteiger partial charge in [0.05, 0.1) is 12.7 Å². The molecule has 1 atom stereocenters. The van der Waals surface area contributed by atoms with Crippen LogP contribution in [0.25, 0.3) is 0 Å². The van der Waals surface area contributed by atoms with Crippen molar-refractivity contribution in [3.63, 3.8) is 0 Å². The number of hydrogen-bond donors (Lipinski definition) is 2. The second-order valence-corrected chi connectivity index (χ2v) is 5.91. The van der Waals surface area contributed by atoms with Crippen LogP contribution in [0.15, 0.2) is 65.2 Å². The highest BCUT2D eigenvalue weighted by atomic mass is 16.4. The van der Waals surface area contributed by atoms with Crippen molar-refractivity contribution in [2.75, 3.05) is 5.32 Å². The molecule has 0 radical (unpaired) electrons. The van der Waals surface area contributed by atoms with Crippen LogP contribution in [0.4, 0.5) is 5.69 Å². The minimum Gasteiger partial charge on any atom is -0.445 e. The number of carbonyl (C=O) groups is 1. The molecule has 0 saturated carbocycles. The molecule has 3 rings (SSSR count). The van der Waals surface area contributed by atoms with Gasteiger partial charge in [0, 0.05) is 17.3 Å². The van der Waals surface area contributed by atoms with E-state index >= 15 is 0 Å². The summed E-state index contributed by atoms with van der Waals surface area (Å²) < 4.78 is 5.46. The van der Waals surface area contributed by atoms with Gasteiger partial charge < -0.3 is 15.1 Å². The molecular weight excluding hydrogens is 314 g/mol. The van der Waals surface area contributed by atoms with Crippen molar-refractivity contribution in [3.8, 4) is 0 Å². The lowest BCUT2D eigenvalue weighted by molar-refractivity contribution is 0.102. The fourth-order valence-corrected chi connectivity index (χ4v) is 2.52. The van der Waals surface area contributed by atoms with Gasteiger partial charge in [0.25, 0.3) is 5.91 Å². The van der Waals surface area contributed by atoms with E-state index in [1.54, 1.807) is 18.3 Å². The lowest BCUT2D eigenvalue weighted by Crippen LogP contribution is -2.18. The summed E-state index contributed by atoms with van der Waals surface area (Å²) in [6.45, 7) is 4.49. The largest absolute Gasteiger partial charge is 0.445 e. The third-order valence-corrected chi connectivity index (χ3v) is 3.91. The van der Waals surface area contributed by atoms with E-state index in [0.717, 1.165) is 17.0 Å². The van der Waals surface area contributed by atoms with E-state index in [9.17, 15) is 4.79 Å². The fourth-order valence-electron chi connectivity index (χ4n) is 2.52. The predicted molar refractivity (Wildman–Crippen MR) is 97.3 cm³/mol. The molecule has 5 heteroatoms. The average molecular weight is 335 g/mol. The molecule has 128 valence electrons. The second-order valence-electron chi connectivity index (χ2n) is 5.91. The molecule has 0 aliphatic rings. The lowest BCUT2D eigenvalue weighted by atomic mass is 10.1. The van der Waals surface area contributed by atoms with Gasteiger partial charge in [-0.25, -0.2) is 4.98 Å². The van der Waals surface area contributed by atoms with Gasteiger partial charge in [-0.2, -0.15) is 0 Å². The number of nitrogens with one attached hydrogen (secondary N) is 2. The van der Waals surface area contributed by atoms with Crippen LogP contribution in [-0.4, -0.2) is 10.9 Å². The number of oxazole rings is 1. The van der Waals surface area contributed by atoms with Gasteiger partial charge in [0.15, 0.2) is 0 Å². The third-order valence-electron chi connectivity index (χ3n) is 3.91. The summed E-state index contributed by atoms with van der Waals surface area (Å²) in [5.41, 5.74) is 2.49. The summed E-state index contributed by atoms with van der Waals surface area (Å²) in [4.78, 5) is 16.4. The third kappa shape index (κ3) is 4.55. The van der Waals surface area contributed by atoms with E-state index in [1.807, 2.05) is 49.4 Å². The van der Waals surface area contributed by atoms with Crippen molar-refractivity contribution in [1.29, 1.82) is 0 Å². The Labute approximate surface area is 147 Å². The number of hydrogen-bond acceptors (Lipinski definition) is 4. The van der Waals surface area contributed by atoms with Crippen LogP contribution in [0.3, 0.4) is 0 Å². The van der Waals surface area contributed by atoms with Gasteiger partial charge in [-0.05, 0) is 43.7 Å². The van der Waals surface area contributed by atoms with E-state index in [2.05, 4.69) is 22.5 Å². The fraction of sp³-hybridized carbons (Fsp3) is 0.200. The molecule has 0 fully saturated rings. The number of nitrogens with zero attached hydrogens (tertiary/aromatic N) is 1. The first-order valence-electron chi connectivity index (χ1n) is 8.23. The van der Waals surface area contributed by atoms with Crippen LogP contribution < -0.4 is 10.6 Å². The van der Waals surface area contributed by atoms with Crippen molar-refractivity contribution < 1.29 is 9.21 Å². The predicted octanol–water partition coefficient (Wildman–Crippen LogP) is 4.09. The Bertz CT molecular complexity index is 843. The SMILES string of the molecule is Cc1cnc(CNC(C)c2cccc(NC(=O)c3ccccc3)c2)o1. The van der Waals surface area contributed by atoms with Crippen molar-refractivity contribution in [1.82, 2.24) is 10.3 Å². The molecule has 1 aromatic heterocycles. The van der Waals surface area contributed by atoms with Crippen molar-refractivity contribution in [2.24, 2.45) is 0 Å². The van der Waals surface area contributed by atoms with Gasteiger partial charge in [0.1, 0.15) is 5.76 Å². The van der Waals surface area contributed by atoms with Crippen LogP contribution in [0.2, 0.25) is 0 Å². The summed E-state index contributed by atoms with van der Waals surface area (Å²) in [5, 5.41) is 6.30. The maximum Gasteiger partial charge on any atom is 0.255 e. The van der Waals surface area contributed by atoms with Crippen LogP contribution in [0.5, 0.6) is 0 Å². The molecule has 0 bridgehead atoms. The van der Waals surface area contributed by atoms with Gasteiger partial charge in [-0.15, -0.1) is 0 Å². The summed E-state index contributed by atoms with van der Waals surface area (Å²) in [6, 6.07) is 17.1. The number of anilines is 1. The quantitative estimate of drug-likeness (QED) is 0.712. The molecule has 1 amide bonds. The van der Waals surface area contributed by atoms with Crippen LogP contribution in [-0.2, 0) is 6.54 Å².